The molecule has 4 rings (SSSR count). The van der Waals surface area contributed by atoms with Crippen molar-refractivity contribution in [3.8, 4) is 23.0 Å². The summed E-state index contributed by atoms with van der Waals surface area (Å²) in [5, 5.41) is 16.7. The highest BCUT2D eigenvalue weighted by Gasteiger charge is 2.24. The van der Waals surface area contributed by atoms with Crippen LogP contribution in [0.2, 0.25) is 5.02 Å². The molecule has 0 aliphatic carbocycles. The Labute approximate surface area is 208 Å². The van der Waals surface area contributed by atoms with Crippen molar-refractivity contribution in [1.29, 1.82) is 0 Å². The van der Waals surface area contributed by atoms with Crippen LogP contribution in [-0.4, -0.2) is 35.5 Å². The summed E-state index contributed by atoms with van der Waals surface area (Å²) in [7, 11) is 3.03. The molecular weight excluding hydrogens is 498 g/mol. The Bertz CT molecular complexity index is 1440. The Morgan fingerprint density at radius 1 is 1.11 bits per heavy atom. The number of methoxy groups -OCH3 is 2. The fourth-order valence-corrected chi connectivity index (χ4v) is 3.47. The number of aromatic nitrogens is 2. The molecule has 0 atom stereocenters. The molecule has 14 heteroatoms. The number of carbonyl (C=O) groups is 1. The first kappa shape index (κ1) is 24.3. The number of ether oxygens (including phenoxy) is 3. The van der Waals surface area contributed by atoms with Gasteiger partial charge in [-0.2, -0.15) is 4.94 Å². The molecule has 0 fully saturated rings. The van der Waals surface area contributed by atoms with E-state index in [-0.39, 0.29) is 22.3 Å². The van der Waals surface area contributed by atoms with Gasteiger partial charge in [0.2, 0.25) is 0 Å². The van der Waals surface area contributed by atoms with E-state index in [0.29, 0.717) is 39.0 Å². The topological polar surface area (TPSA) is 151 Å². The third-order valence-corrected chi connectivity index (χ3v) is 5.07. The van der Waals surface area contributed by atoms with Crippen LogP contribution in [0.1, 0.15) is 5.76 Å². The number of urea groups is 1. The summed E-state index contributed by atoms with van der Waals surface area (Å²) in [4.78, 5) is 32.4. The number of hydrogen-bond acceptors (Lipinski definition) is 10. The summed E-state index contributed by atoms with van der Waals surface area (Å²) in [5.74, 6) is 2.15. The number of fused-ring (bicyclic) bond motifs is 1. The lowest BCUT2D eigenvalue weighted by molar-refractivity contribution is -0.758. The van der Waals surface area contributed by atoms with Crippen LogP contribution in [0.3, 0.4) is 0 Å². The summed E-state index contributed by atoms with van der Waals surface area (Å²) >= 11 is 6.34. The Balaban J connectivity index is 1.63. The van der Waals surface area contributed by atoms with E-state index in [1.54, 1.807) is 31.3 Å². The van der Waals surface area contributed by atoms with Crippen molar-refractivity contribution in [2.75, 3.05) is 24.6 Å². The maximum atomic E-state index is 12.6. The summed E-state index contributed by atoms with van der Waals surface area (Å²) < 4.78 is 21.5. The number of rotatable bonds is 8. The average Bonchev–Trinajstić information content (AvgIpc) is 3.26. The van der Waals surface area contributed by atoms with Crippen molar-refractivity contribution in [3.05, 3.63) is 69.6 Å². The Hall–Kier alpha value is -4.78. The van der Waals surface area contributed by atoms with Crippen LogP contribution in [-0.2, 0) is 4.94 Å². The van der Waals surface area contributed by atoms with Gasteiger partial charge in [0, 0.05) is 29.8 Å². The monoisotopic (exact) mass is 515 g/mol. The van der Waals surface area contributed by atoms with Crippen molar-refractivity contribution < 1.29 is 33.6 Å². The summed E-state index contributed by atoms with van der Waals surface area (Å²) in [6.45, 7) is 1.61. The van der Waals surface area contributed by atoms with E-state index in [0.717, 1.165) is 0 Å². The zero-order valence-electron chi connectivity index (χ0n) is 19.1. The molecule has 0 saturated heterocycles. The number of pyridine rings is 1. The number of nitrogens with zero attached hydrogens (tertiary/aromatic N) is 4. The van der Waals surface area contributed by atoms with Crippen molar-refractivity contribution in [2.45, 2.75) is 6.92 Å². The molecular formula is C22H18ClN5O8. The molecule has 0 unspecified atom stereocenters. The quantitative estimate of drug-likeness (QED) is 0.246. The van der Waals surface area contributed by atoms with E-state index in [1.165, 1.54) is 38.5 Å². The minimum atomic E-state index is -1.15. The number of aryl methyl sites for hydroxylation is 1. The van der Waals surface area contributed by atoms with Crippen LogP contribution in [0.25, 0.3) is 10.9 Å². The van der Waals surface area contributed by atoms with Gasteiger partial charge in [-0.25, -0.2) is 4.79 Å². The van der Waals surface area contributed by atoms with Gasteiger partial charge >= 0.3 is 11.1 Å². The van der Waals surface area contributed by atoms with E-state index in [4.69, 9.17) is 30.3 Å². The Morgan fingerprint density at radius 2 is 1.86 bits per heavy atom. The number of nitrogens with one attached hydrogen (secondary N) is 1. The molecule has 186 valence electrons. The van der Waals surface area contributed by atoms with Gasteiger partial charge in [0.1, 0.15) is 17.3 Å². The van der Waals surface area contributed by atoms with Gasteiger partial charge in [-0.1, -0.05) is 16.8 Å². The standard InChI is InChI=1S/C22H18ClN5O8/c1-12-8-21(26-35-12)25-22(29)27(36-28(30)31)17-5-4-13(9-15(17)23)34-18-6-7-24-16-11-20(33-3)19(32-2)10-14(16)18/h4-11H,1-3H3,(H,25,26,29). The van der Waals surface area contributed by atoms with Crippen LogP contribution in [0.4, 0.5) is 16.3 Å². The summed E-state index contributed by atoms with van der Waals surface area (Å²) in [6.07, 6.45) is 1.56. The summed E-state index contributed by atoms with van der Waals surface area (Å²) in [5.41, 5.74) is 0.475. The highest BCUT2D eigenvalue weighted by Crippen LogP contribution is 2.38. The minimum Gasteiger partial charge on any atom is -0.493 e. The first-order chi connectivity index (χ1) is 17.3. The molecule has 2 heterocycles. The lowest BCUT2D eigenvalue weighted by Gasteiger charge is -2.20. The lowest BCUT2D eigenvalue weighted by atomic mass is 10.2. The van der Waals surface area contributed by atoms with Crippen LogP contribution in [0.5, 0.6) is 23.0 Å². The molecule has 2 aromatic carbocycles. The number of hydroxylamine groups is 1. The second-order valence-electron chi connectivity index (χ2n) is 7.10. The molecule has 0 saturated carbocycles. The zero-order valence-corrected chi connectivity index (χ0v) is 19.8. The number of benzene rings is 2. The lowest BCUT2D eigenvalue weighted by Crippen LogP contribution is -2.37. The molecule has 2 amide bonds. The van der Waals surface area contributed by atoms with E-state index in [9.17, 15) is 14.9 Å². The van der Waals surface area contributed by atoms with E-state index < -0.39 is 11.1 Å². The number of halogens is 1. The fourth-order valence-electron chi connectivity index (χ4n) is 3.22. The van der Waals surface area contributed by atoms with Gasteiger partial charge in [0.25, 0.3) is 0 Å². The van der Waals surface area contributed by atoms with E-state index >= 15 is 0 Å². The second-order valence-corrected chi connectivity index (χ2v) is 7.51. The predicted molar refractivity (Wildman–Crippen MR) is 127 cm³/mol. The van der Waals surface area contributed by atoms with E-state index in [2.05, 4.69) is 20.4 Å². The van der Waals surface area contributed by atoms with Crippen molar-refractivity contribution in [2.24, 2.45) is 0 Å². The minimum absolute atomic E-state index is 0.0298. The molecule has 36 heavy (non-hydrogen) atoms. The van der Waals surface area contributed by atoms with Crippen LogP contribution in [0.15, 0.2) is 53.2 Å². The molecule has 1 N–H and O–H groups in total. The van der Waals surface area contributed by atoms with Gasteiger partial charge in [-0.15, -0.1) is 15.2 Å². The predicted octanol–water partition coefficient (Wildman–Crippen LogP) is 5.16. The van der Waals surface area contributed by atoms with Crippen LogP contribution >= 0.6 is 11.6 Å². The van der Waals surface area contributed by atoms with Gasteiger partial charge in [0.15, 0.2) is 17.3 Å². The maximum Gasteiger partial charge on any atom is 0.351 e. The Morgan fingerprint density at radius 3 is 2.50 bits per heavy atom. The summed E-state index contributed by atoms with van der Waals surface area (Å²) in [6, 6.07) is 9.61. The van der Waals surface area contributed by atoms with Crippen molar-refractivity contribution in [3.63, 3.8) is 0 Å². The molecule has 0 aliphatic rings. The SMILES string of the molecule is COc1cc2nccc(Oc3ccc(N(O[N+](=O)[O-])C(=O)Nc4cc(C)on4)c(Cl)c3)c2cc1OC. The largest absolute Gasteiger partial charge is 0.493 e. The molecule has 0 spiro atoms. The molecule has 2 aromatic heterocycles. The highest BCUT2D eigenvalue weighted by atomic mass is 35.5. The third-order valence-electron chi connectivity index (χ3n) is 4.77. The van der Waals surface area contributed by atoms with Crippen LogP contribution < -0.4 is 24.6 Å². The van der Waals surface area contributed by atoms with Gasteiger partial charge < -0.3 is 18.7 Å². The van der Waals surface area contributed by atoms with Gasteiger partial charge in [-0.3, -0.25) is 10.3 Å². The molecule has 0 aliphatic heterocycles. The third kappa shape index (κ3) is 5.15. The highest BCUT2D eigenvalue weighted by molar-refractivity contribution is 6.34. The van der Waals surface area contributed by atoms with Crippen molar-refractivity contribution in [1.82, 2.24) is 10.1 Å². The fraction of sp³-hybridized carbons (Fsp3) is 0.136. The number of anilines is 2. The smallest absolute Gasteiger partial charge is 0.351 e. The number of amides is 2. The first-order valence-electron chi connectivity index (χ1n) is 10.1. The van der Waals surface area contributed by atoms with Gasteiger partial charge in [-0.05, 0) is 31.2 Å². The van der Waals surface area contributed by atoms with Crippen LogP contribution in [0, 0.1) is 17.0 Å². The molecule has 4 aromatic rings. The first-order valence-corrected chi connectivity index (χ1v) is 10.5. The number of carbonyl (C=O) groups excluding carboxylic acids is 1. The van der Waals surface area contributed by atoms with E-state index in [1.807, 2.05) is 0 Å². The Kier molecular flexibility index (Phi) is 6.92. The normalized spacial score (nSPS) is 10.6. The second kappa shape index (κ2) is 10.2. The molecule has 0 radical (unpaired) electrons. The van der Waals surface area contributed by atoms with Gasteiger partial charge in [0.05, 0.1) is 30.4 Å². The average molecular weight is 516 g/mol. The maximum absolute atomic E-state index is 12.6. The molecule has 0 bridgehead atoms. The van der Waals surface area contributed by atoms with Crippen molar-refractivity contribution >= 4 is 40.0 Å². The number of hydrogen-bond donors (Lipinski definition) is 1. The zero-order chi connectivity index (χ0) is 25.8. The molecule has 13 nitrogen and oxygen atoms in total.